The Hall–Kier alpha value is -3.41. The molecule has 6 nitrogen and oxygen atoms in total. The maximum atomic E-state index is 12.6. The fourth-order valence-electron chi connectivity index (χ4n) is 5.96. The summed E-state index contributed by atoms with van der Waals surface area (Å²) >= 11 is 0. The summed E-state index contributed by atoms with van der Waals surface area (Å²) in [6.07, 6.45) is 13.3. The van der Waals surface area contributed by atoms with Gasteiger partial charge in [-0.15, -0.1) is 0 Å². The molecule has 0 unspecified atom stereocenters. The minimum Gasteiger partial charge on any atom is -0.359 e. The van der Waals surface area contributed by atoms with Crippen LogP contribution in [0.2, 0.25) is 0 Å². The van der Waals surface area contributed by atoms with Crippen molar-refractivity contribution < 1.29 is 9.59 Å². The third-order valence-corrected chi connectivity index (χ3v) is 7.99. The van der Waals surface area contributed by atoms with E-state index in [0.29, 0.717) is 18.4 Å². The second kappa shape index (κ2) is 13.9. The third kappa shape index (κ3) is 8.04. The molecule has 1 aliphatic carbocycles. The monoisotopic (exact) mass is 514 g/mol. The van der Waals surface area contributed by atoms with E-state index in [1.54, 1.807) is 7.05 Å². The van der Waals surface area contributed by atoms with Crippen LogP contribution in [-0.2, 0) is 29.1 Å². The number of benzene rings is 2. The van der Waals surface area contributed by atoms with E-state index < -0.39 is 0 Å². The van der Waals surface area contributed by atoms with E-state index in [9.17, 15) is 9.59 Å². The van der Waals surface area contributed by atoms with Crippen molar-refractivity contribution in [2.45, 2.75) is 77.4 Å². The summed E-state index contributed by atoms with van der Waals surface area (Å²) in [6.45, 7) is 3.13. The quantitative estimate of drug-likeness (QED) is 0.425. The molecule has 1 aromatic heterocycles. The van der Waals surface area contributed by atoms with E-state index in [2.05, 4.69) is 80.6 Å². The number of hydrogen-bond donors (Lipinski definition) is 1. The zero-order valence-corrected chi connectivity index (χ0v) is 22.9. The number of likely N-dealkylation sites (tertiary alicyclic amines) is 1. The summed E-state index contributed by atoms with van der Waals surface area (Å²) < 4.78 is 2.32. The average molecular weight is 515 g/mol. The second-order valence-corrected chi connectivity index (χ2v) is 10.8. The molecule has 3 atom stereocenters. The highest BCUT2D eigenvalue weighted by atomic mass is 16.2. The normalized spacial score (nSPS) is 21.1. The Morgan fingerprint density at radius 3 is 2.24 bits per heavy atom. The molecule has 1 aliphatic heterocycles. The molecular weight excluding hydrogens is 472 g/mol. The first kappa shape index (κ1) is 27.6. The lowest BCUT2D eigenvalue weighted by Crippen LogP contribution is -2.34. The van der Waals surface area contributed by atoms with Gasteiger partial charge in [0.05, 0.1) is 6.33 Å². The van der Waals surface area contributed by atoms with Crippen LogP contribution in [0.15, 0.2) is 73.2 Å². The molecule has 6 heteroatoms. The lowest BCUT2D eigenvalue weighted by molar-refractivity contribution is -0.129. The highest BCUT2D eigenvalue weighted by molar-refractivity contribution is 5.78. The molecule has 0 radical (unpaired) electrons. The molecule has 1 saturated carbocycles. The van der Waals surface area contributed by atoms with Gasteiger partial charge in [-0.1, -0.05) is 79.9 Å². The summed E-state index contributed by atoms with van der Waals surface area (Å²) in [5.74, 6) is 1.78. The predicted molar refractivity (Wildman–Crippen MR) is 151 cm³/mol. The van der Waals surface area contributed by atoms with Gasteiger partial charge in [-0.2, -0.15) is 0 Å². The van der Waals surface area contributed by atoms with E-state index in [1.165, 1.54) is 55.8 Å². The number of nitrogens with zero attached hydrogens (tertiary/aromatic N) is 3. The highest BCUT2D eigenvalue weighted by Crippen LogP contribution is 2.37. The molecule has 1 N–H and O–H groups in total. The van der Waals surface area contributed by atoms with Crippen molar-refractivity contribution in [1.29, 1.82) is 0 Å². The molecule has 0 spiro atoms. The molecule has 2 heterocycles. The molecule has 38 heavy (non-hydrogen) atoms. The molecule has 2 fully saturated rings. The van der Waals surface area contributed by atoms with Crippen molar-refractivity contribution >= 4 is 11.8 Å². The van der Waals surface area contributed by atoms with Gasteiger partial charge in [0.15, 0.2) is 0 Å². The van der Waals surface area contributed by atoms with Crippen LogP contribution in [0.3, 0.4) is 0 Å². The SMILES string of the molecule is CNC(C)=O.O=C1CC[C@@H](C[C@H]2CCC[C@@H](Cc3cncn3Cc3ccccc3)C2)N1Cc1ccccc1. The van der Waals surface area contributed by atoms with Gasteiger partial charge in [-0.25, -0.2) is 4.98 Å². The van der Waals surface area contributed by atoms with Gasteiger partial charge >= 0.3 is 0 Å². The zero-order valence-electron chi connectivity index (χ0n) is 22.9. The van der Waals surface area contributed by atoms with Crippen molar-refractivity contribution in [3.05, 3.63) is 90.0 Å². The van der Waals surface area contributed by atoms with Crippen molar-refractivity contribution in [2.75, 3.05) is 7.05 Å². The Balaban J connectivity index is 0.000000617. The first-order valence-electron chi connectivity index (χ1n) is 14.1. The van der Waals surface area contributed by atoms with Gasteiger partial charge in [-0.05, 0) is 48.6 Å². The van der Waals surface area contributed by atoms with Crippen molar-refractivity contribution in [1.82, 2.24) is 19.8 Å². The van der Waals surface area contributed by atoms with E-state index in [4.69, 9.17) is 0 Å². The number of aromatic nitrogens is 2. The molecule has 0 bridgehead atoms. The number of hydrogen-bond acceptors (Lipinski definition) is 3. The molecule has 1 saturated heterocycles. The van der Waals surface area contributed by atoms with Gasteiger partial charge in [0.1, 0.15) is 0 Å². The maximum absolute atomic E-state index is 12.6. The van der Waals surface area contributed by atoms with E-state index in [0.717, 1.165) is 37.8 Å². The van der Waals surface area contributed by atoms with E-state index in [-0.39, 0.29) is 5.91 Å². The smallest absolute Gasteiger partial charge is 0.223 e. The number of nitrogens with one attached hydrogen (secondary N) is 1. The fourth-order valence-corrected chi connectivity index (χ4v) is 5.96. The zero-order chi connectivity index (χ0) is 26.7. The molecule has 3 aromatic rings. The van der Waals surface area contributed by atoms with Crippen LogP contribution in [-0.4, -0.2) is 39.4 Å². The molecular formula is C32H42N4O2. The average Bonchev–Trinajstić information content (AvgIpc) is 3.51. The number of carbonyl (C=O) groups is 2. The Morgan fingerprint density at radius 2 is 1.58 bits per heavy atom. The summed E-state index contributed by atoms with van der Waals surface area (Å²) in [5, 5.41) is 2.39. The van der Waals surface area contributed by atoms with Crippen molar-refractivity contribution in [2.24, 2.45) is 11.8 Å². The number of imidazole rings is 1. The summed E-state index contributed by atoms with van der Waals surface area (Å²) in [4.78, 5) is 28.9. The second-order valence-electron chi connectivity index (χ2n) is 10.8. The van der Waals surface area contributed by atoms with Gasteiger partial charge < -0.3 is 14.8 Å². The van der Waals surface area contributed by atoms with Crippen LogP contribution in [0.5, 0.6) is 0 Å². The number of rotatable bonds is 8. The first-order chi connectivity index (χ1) is 18.5. The lowest BCUT2D eigenvalue weighted by Gasteiger charge is -2.33. The van der Waals surface area contributed by atoms with E-state index in [1.807, 2.05) is 12.4 Å². The lowest BCUT2D eigenvalue weighted by atomic mass is 9.76. The van der Waals surface area contributed by atoms with Crippen LogP contribution in [0, 0.1) is 11.8 Å². The Morgan fingerprint density at radius 1 is 0.947 bits per heavy atom. The van der Waals surface area contributed by atoms with Crippen molar-refractivity contribution in [3.63, 3.8) is 0 Å². The third-order valence-electron chi connectivity index (χ3n) is 7.99. The number of amides is 2. The van der Waals surface area contributed by atoms with Gasteiger partial charge in [0.2, 0.25) is 11.8 Å². The topological polar surface area (TPSA) is 67.2 Å². The largest absolute Gasteiger partial charge is 0.359 e. The van der Waals surface area contributed by atoms with Crippen LogP contribution in [0.1, 0.15) is 68.7 Å². The molecule has 2 aromatic carbocycles. The van der Waals surface area contributed by atoms with Gasteiger partial charge in [0, 0.05) is 51.4 Å². The summed E-state index contributed by atoms with van der Waals surface area (Å²) in [5.41, 5.74) is 3.92. The molecule has 202 valence electrons. The minimum atomic E-state index is 0.00463. The Kier molecular flexibility index (Phi) is 10.1. The molecule has 2 amide bonds. The highest BCUT2D eigenvalue weighted by Gasteiger charge is 2.34. The van der Waals surface area contributed by atoms with Crippen LogP contribution in [0.25, 0.3) is 0 Å². The number of carbonyl (C=O) groups excluding carboxylic acids is 2. The van der Waals surface area contributed by atoms with E-state index >= 15 is 0 Å². The first-order valence-corrected chi connectivity index (χ1v) is 14.1. The van der Waals surface area contributed by atoms with Crippen molar-refractivity contribution in [3.8, 4) is 0 Å². The molecule has 2 aliphatic rings. The fraction of sp³-hybridized carbons (Fsp3) is 0.469. The summed E-state index contributed by atoms with van der Waals surface area (Å²) in [7, 11) is 1.60. The predicted octanol–water partition coefficient (Wildman–Crippen LogP) is 5.61. The van der Waals surface area contributed by atoms with Gasteiger partial charge in [-0.3, -0.25) is 9.59 Å². The van der Waals surface area contributed by atoms with Gasteiger partial charge in [0.25, 0.3) is 0 Å². The summed E-state index contributed by atoms with van der Waals surface area (Å²) in [6, 6.07) is 21.5. The molecule has 5 rings (SSSR count). The maximum Gasteiger partial charge on any atom is 0.223 e. The van der Waals surface area contributed by atoms with Crippen LogP contribution < -0.4 is 5.32 Å². The van der Waals surface area contributed by atoms with Crippen LogP contribution >= 0.6 is 0 Å². The van der Waals surface area contributed by atoms with Crippen LogP contribution in [0.4, 0.5) is 0 Å². The Labute approximate surface area is 227 Å². The Bertz CT molecular complexity index is 1140. The standard InChI is InChI=1S/C29H35N3O.C3H7NO/c33-29-15-14-27(32(29)21-24-10-5-2-6-11-24)17-25-12-7-13-26(16-25)18-28-19-30-22-31(28)20-23-8-3-1-4-9-23;1-3(5)4-2/h1-6,8-11,19,22,25-27H,7,12-18,20-21H2;1-2H3,(H,4,5)/t25-,26+,27-;/m0./s1. The minimum absolute atomic E-state index is 0.00463.